The Morgan fingerprint density at radius 2 is 1.87 bits per heavy atom. The Labute approximate surface area is 272 Å². The molecule has 0 radical (unpaired) electrons. The van der Waals surface area contributed by atoms with E-state index in [1.165, 1.54) is 6.20 Å². The van der Waals surface area contributed by atoms with Gasteiger partial charge in [0, 0.05) is 41.4 Å². The summed E-state index contributed by atoms with van der Waals surface area (Å²) in [6.45, 7) is 5.28. The molecular weight excluding hydrogens is 604 g/mol. The van der Waals surface area contributed by atoms with Gasteiger partial charge < -0.3 is 29.5 Å². The van der Waals surface area contributed by atoms with Crippen molar-refractivity contribution in [2.45, 2.75) is 33.3 Å². The van der Waals surface area contributed by atoms with Gasteiger partial charge in [-0.25, -0.2) is 0 Å². The van der Waals surface area contributed by atoms with Gasteiger partial charge in [0.15, 0.2) is 5.76 Å². The topological polar surface area (TPSA) is 126 Å². The molecule has 0 fully saturated rings. The number of nitrogens with one attached hydrogen (secondary N) is 2. The first-order valence-electron chi connectivity index (χ1n) is 14.9. The predicted octanol–water partition coefficient (Wildman–Crippen LogP) is 7.72. The van der Waals surface area contributed by atoms with E-state index in [0.29, 0.717) is 74.5 Å². The first-order valence-corrected chi connectivity index (χ1v) is 15.3. The van der Waals surface area contributed by atoms with E-state index in [0.717, 1.165) is 24.1 Å². The summed E-state index contributed by atoms with van der Waals surface area (Å²) in [5, 5.41) is 21.3. The molecule has 5 rings (SSSR count). The molecule has 0 saturated heterocycles. The number of pyridine rings is 1. The number of hydrogen-bond donors (Lipinski definition) is 2. The van der Waals surface area contributed by atoms with Gasteiger partial charge >= 0.3 is 0 Å². The van der Waals surface area contributed by atoms with Gasteiger partial charge in [0.2, 0.25) is 5.91 Å². The number of aryl methyl sites for hydroxylation is 1. The first kappa shape index (κ1) is 32.3. The fourth-order valence-electron chi connectivity index (χ4n) is 4.81. The van der Waals surface area contributed by atoms with Gasteiger partial charge in [-0.1, -0.05) is 46.6 Å². The lowest BCUT2D eigenvalue weighted by atomic mass is 10.1. The van der Waals surface area contributed by atoms with E-state index in [9.17, 15) is 10.1 Å². The Kier molecular flexibility index (Phi) is 10.4. The molecule has 0 aliphatic carbocycles. The number of aromatic nitrogens is 2. The van der Waals surface area contributed by atoms with Gasteiger partial charge in [-0.3, -0.25) is 9.78 Å². The van der Waals surface area contributed by atoms with Crippen molar-refractivity contribution in [1.82, 2.24) is 15.0 Å². The Balaban J connectivity index is 1.35. The zero-order valence-corrected chi connectivity index (χ0v) is 26.9. The van der Waals surface area contributed by atoms with E-state index in [2.05, 4.69) is 26.8 Å². The highest BCUT2D eigenvalue weighted by Crippen LogP contribution is 2.37. The van der Waals surface area contributed by atoms with Crippen LogP contribution in [0.25, 0.3) is 22.2 Å². The van der Waals surface area contributed by atoms with Crippen LogP contribution in [-0.4, -0.2) is 48.2 Å². The molecule has 0 bridgehead atoms. The quantitative estimate of drug-likeness (QED) is 0.133. The number of carbonyl (C=O) groups excluding carboxylic acids is 1. The van der Waals surface area contributed by atoms with Crippen LogP contribution in [0.4, 0.5) is 17.1 Å². The number of fused-ring (bicyclic) bond motifs is 1. The van der Waals surface area contributed by atoms with E-state index in [1.807, 2.05) is 63.2 Å². The number of hydrogen-bond acceptors (Lipinski definition) is 9. The molecule has 0 unspecified atom stereocenters. The Hall–Kier alpha value is -5.11. The Morgan fingerprint density at radius 3 is 2.59 bits per heavy atom. The average molecular weight is 639 g/mol. The zero-order chi connectivity index (χ0) is 32.6. The number of rotatable bonds is 13. The van der Waals surface area contributed by atoms with Crippen molar-refractivity contribution in [2.75, 3.05) is 37.9 Å². The number of carbonyl (C=O) groups is 1. The highest BCUT2D eigenvalue weighted by atomic mass is 35.5. The highest BCUT2D eigenvalue weighted by Gasteiger charge is 2.17. The minimum atomic E-state index is -0.125. The minimum Gasteiger partial charge on any atom is -0.492 e. The molecule has 2 heterocycles. The fraction of sp³-hybridized carbons (Fsp3) is 0.257. The van der Waals surface area contributed by atoms with Crippen molar-refractivity contribution in [3.63, 3.8) is 0 Å². The van der Waals surface area contributed by atoms with E-state index < -0.39 is 0 Å². The molecule has 0 aliphatic heterocycles. The molecular formula is C35H35ClN6O4. The summed E-state index contributed by atoms with van der Waals surface area (Å²) in [6, 6.07) is 20.8. The maximum Gasteiger partial charge on any atom is 0.224 e. The van der Waals surface area contributed by atoms with Crippen LogP contribution in [-0.2, 0) is 11.4 Å². The number of halogens is 1. The monoisotopic (exact) mass is 638 g/mol. The van der Waals surface area contributed by atoms with Crippen LogP contribution < -0.4 is 20.1 Å². The van der Waals surface area contributed by atoms with Gasteiger partial charge in [0.1, 0.15) is 29.9 Å². The molecule has 11 heteroatoms. The third-order valence-corrected chi connectivity index (χ3v) is 7.44. The standard InChI is InChI=1S/C35H35ClN6O4/c1-5-44-33-18-29-27(17-30(33)40-34(43)7-6-14-42(3)4)35(24(19-37)20-38-29)39-25-12-13-31(28(36)15-25)45-21-26-16-32(46-41-26)23-10-8-22(2)9-11-23/h8-13,15-18,20H,5-7,14,21H2,1-4H3,(H,38,39)(H,40,43). The van der Waals surface area contributed by atoms with Gasteiger partial charge in [0.25, 0.3) is 0 Å². The van der Waals surface area contributed by atoms with Crippen LogP contribution in [0.15, 0.2) is 71.4 Å². The minimum absolute atomic E-state index is 0.125. The second-order valence-electron chi connectivity index (χ2n) is 11.0. The molecule has 5 aromatic rings. The van der Waals surface area contributed by atoms with E-state index in [-0.39, 0.29) is 12.5 Å². The summed E-state index contributed by atoms with van der Waals surface area (Å²) >= 11 is 6.62. The molecule has 0 spiro atoms. The summed E-state index contributed by atoms with van der Waals surface area (Å²) in [5.41, 5.74) is 5.30. The van der Waals surface area contributed by atoms with Gasteiger partial charge in [-0.05, 0) is 65.2 Å². The van der Waals surface area contributed by atoms with Gasteiger partial charge in [-0.2, -0.15) is 5.26 Å². The summed E-state index contributed by atoms with van der Waals surface area (Å²) in [7, 11) is 3.94. The second-order valence-corrected chi connectivity index (χ2v) is 11.4. The summed E-state index contributed by atoms with van der Waals surface area (Å²) in [4.78, 5) is 19.3. The van der Waals surface area contributed by atoms with Crippen molar-refractivity contribution >= 4 is 45.5 Å². The summed E-state index contributed by atoms with van der Waals surface area (Å²) < 4.78 is 17.3. The lowest BCUT2D eigenvalue weighted by molar-refractivity contribution is -0.116. The number of benzene rings is 3. The SMILES string of the molecule is CCOc1cc2ncc(C#N)c(Nc3ccc(OCc4cc(-c5ccc(C)cc5)on4)c(Cl)c3)c2cc1NC(=O)CCCN(C)C. The van der Waals surface area contributed by atoms with E-state index in [4.69, 9.17) is 25.6 Å². The lowest BCUT2D eigenvalue weighted by Gasteiger charge is -2.17. The maximum atomic E-state index is 12.8. The molecule has 46 heavy (non-hydrogen) atoms. The van der Waals surface area contributed by atoms with Crippen LogP contribution >= 0.6 is 11.6 Å². The van der Waals surface area contributed by atoms with Crippen molar-refractivity contribution < 1.29 is 18.8 Å². The molecule has 0 saturated carbocycles. The number of nitrogens with zero attached hydrogens (tertiary/aromatic N) is 4. The fourth-order valence-corrected chi connectivity index (χ4v) is 5.04. The van der Waals surface area contributed by atoms with Gasteiger partial charge in [0.05, 0.1) is 34.1 Å². The Morgan fingerprint density at radius 1 is 1.07 bits per heavy atom. The first-order chi connectivity index (χ1) is 22.2. The molecule has 0 aliphatic rings. The van der Waals surface area contributed by atoms with E-state index in [1.54, 1.807) is 30.3 Å². The molecule has 2 N–H and O–H groups in total. The Bertz CT molecular complexity index is 1880. The predicted molar refractivity (Wildman–Crippen MR) is 180 cm³/mol. The van der Waals surface area contributed by atoms with Crippen molar-refractivity contribution in [3.05, 3.63) is 88.7 Å². The van der Waals surface area contributed by atoms with Gasteiger partial charge in [-0.15, -0.1) is 0 Å². The number of anilines is 3. The largest absolute Gasteiger partial charge is 0.492 e. The third kappa shape index (κ3) is 7.93. The average Bonchev–Trinajstić information content (AvgIpc) is 3.50. The zero-order valence-electron chi connectivity index (χ0n) is 26.2. The van der Waals surface area contributed by atoms with Crippen LogP contribution in [0, 0.1) is 18.3 Å². The lowest BCUT2D eigenvalue weighted by Crippen LogP contribution is -2.17. The van der Waals surface area contributed by atoms with Crippen molar-refractivity contribution in [1.29, 1.82) is 5.26 Å². The molecule has 3 aromatic carbocycles. The molecule has 236 valence electrons. The van der Waals surface area contributed by atoms with Crippen LogP contribution in [0.2, 0.25) is 5.02 Å². The van der Waals surface area contributed by atoms with Crippen molar-refractivity contribution in [2.24, 2.45) is 0 Å². The smallest absolute Gasteiger partial charge is 0.224 e. The summed E-state index contributed by atoms with van der Waals surface area (Å²) in [5.74, 6) is 1.50. The molecule has 1 amide bonds. The molecule has 10 nitrogen and oxygen atoms in total. The summed E-state index contributed by atoms with van der Waals surface area (Å²) in [6.07, 6.45) is 2.58. The number of nitriles is 1. The van der Waals surface area contributed by atoms with Crippen LogP contribution in [0.5, 0.6) is 11.5 Å². The third-order valence-electron chi connectivity index (χ3n) is 7.14. The van der Waals surface area contributed by atoms with Crippen LogP contribution in [0.1, 0.15) is 36.6 Å². The van der Waals surface area contributed by atoms with Crippen LogP contribution in [0.3, 0.4) is 0 Å². The highest BCUT2D eigenvalue weighted by molar-refractivity contribution is 6.32. The van der Waals surface area contributed by atoms with Crippen molar-refractivity contribution in [3.8, 4) is 28.9 Å². The molecule has 0 atom stereocenters. The normalized spacial score (nSPS) is 11.0. The maximum absolute atomic E-state index is 12.8. The van der Waals surface area contributed by atoms with E-state index >= 15 is 0 Å². The second kappa shape index (κ2) is 14.8. The number of amides is 1. The molecule has 2 aromatic heterocycles. The number of ether oxygens (including phenoxy) is 2.